The summed E-state index contributed by atoms with van der Waals surface area (Å²) in [5.41, 5.74) is 4.23. The van der Waals surface area contributed by atoms with Crippen molar-refractivity contribution in [3.8, 4) is 11.1 Å². The molecule has 3 N–H and O–H groups in total. The van der Waals surface area contributed by atoms with Gasteiger partial charge >= 0.3 is 5.97 Å². The number of piperidine rings is 1. The van der Waals surface area contributed by atoms with Crippen LogP contribution in [0.3, 0.4) is 0 Å². The Morgan fingerprint density at radius 1 is 1.17 bits per heavy atom. The Balaban J connectivity index is 1.41. The van der Waals surface area contributed by atoms with E-state index in [0.717, 1.165) is 47.1 Å². The highest BCUT2D eigenvalue weighted by Crippen LogP contribution is 2.31. The Labute approximate surface area is 206 Å². The number of carbonyl (C=O) groups is 2. The monoisotopic (exact) mass is 490 g/mol. The van der Waals surface area contributed by atoms with Crippen molar-refractivity contribution in [1.82, 2.24) is 25.3 Å². The summed E-state index contributed by atoms with van der Waals surface area (Å²) in [7, 11) is 0. The van der Waals surface area contributed by atoms with Crippen LogP contribution < -0.4 is 10.6 Å². The topological polar surface area (TPSA) is 122 Å². The fourth-order valence-electron chi connectivity index (χ4n) is 4.21. The predicted molar refractivity (Wildman–Crippen MR) is 132 cm³/mol. The second-order valence-electron chi connectivity index (χ2n) is 8.53. The van der Waals surface area contributed by atoms with Gasteiger partial charge in [-0.3, -0.25) is 4.79 Å². The number of amides is 1. The van der Waals surface area contributed by atoms with Gasteiger partial charge in [-0.15, -0.1) is 5.10 Å². The summed E-state index contributed by atoms with van der Waals surface area (Å²) in [5.74, 6) is -0.645. The third-order valence-electron chi connectivity index (χ3n) is 6.13. The van der Waals surface area contributed by atoms with Crippen LogP contribution in [0.25, 0.3) is 22.2 Å². The third-order valence-corrected chi connectivity index (χ3v) is 6.43. The van der Waals surface area contributed by atoms with Crippen molar-refractivity contribution in [1.29, 1.82) is 0 Å². The molecule has 1 saturated heterocycles. The van der Waals surface area contributed by atoms with Crippen molar-refractivity contribution in [3.63, 3.8) is 0 Å². The molecule has 0 radical (unpaired) electrons. The number of rotatable bonds is 6. The van der Waals surface area contributed by atoms with E-state index in [4.69, 9.17) is 16.7 Å². The number of hydrogen-bond donors (Lipinski definition) is 3. The molecule has 1 fully saturated rings. The van der Waals surface area contributed by atoms with Crippen LogP contribution in [0.15, 0.2) is 54.7 Å². The second kappa shape index (κ2) is 9.81. The Hall–Kier alpha value is -3.82. The van der Waals surface area contributed by atoms with Gasteiger partial charge in [-0.05, 0) is 60.8 Å². The molecule has 1 amide bonds. The third kappa shape index (κ3) is 5.01. The maximum Gasteiger partial charge on any atom is 0.335 e. The zero-order valence-electron chi connectivity index (χ0n) is 18.7. The van der Waals surface area contributed by atoms with E-state index in [1.807, 2.05) is 18.2 Å². The standard InChI is InChI=1S/C25H23ClN6O3/c26-20-13-28-23(29-24(33)18-2-1-9-27-12-18)11-19(20)17-7-8-21-22(10-17)32(31-30-21)14-15-3-5-16(6-4-15)25(34)35/h3-8,10-11,13,18,27H,1-2,9,12,14H2,(H,34,35)(H,28,29,33)/t18-/m1/s1. The van der Waals surface area contributed by atoms with Gasteiger partial charge in [-0.25, -0.2) is 14.5 Å². The SMILES string of the molecule is O=C(O)c1ccc(Cn2nnc3ccc(-c4cc(NC(=O)[C@@H]5CCCNC5)ncc4Cl)cc32)cc1. The number of carboxylic acids is 1. The molecule has 0 saturated carbocycles. The Morgan fingerprint density at radius 3 is 2.74 bits per heavy atom. The number of fused-ring (bicyclic) bond motifs is 1. The molecule has 3 heterocycles. The van der Waals surface area contributed by atoms with Crippen molar-refractivity contribution < 1.29 is 14.7 Å². The number of halogens is 1. The van der Waals surface area contributed by atoms with E-state index in [2.05, 4.69) is 25.9 Å². The van der Waals surface area contributed by atoms with Gasteiger partial charge in [0.25, 0.3) is 0 Å². The molecule has 178 valence electrons. The fourth-order valence-corrected chi connectivity index (χ4v) is 4.42. The number of anilines is 1. The maximum atomic E-state index is 12.6. The molecule has 1 atom stereocenters. The first-order chi connectivity index (χ1) is 17.0. The molecule has 35 heavy (non-hydrogen) atoms. The average molecular weight is 491 g/mol. The van der Waals surface area contributed by atoms with Crippen LogP contribution in [0.5, 0.6) is 0 Å². The van der Waals surface area contributed by atoms with Gasteiger partial charge in [0.15, 0.2) is 0 Å². The summed E-state index contributed by atoms with van der Waals surface area (Å²) in [6.45, 7) is 2.04. The van der Waals surface area contributed by atoms with Crippen molar-refractivity contribution in [2.75, 3.05) is 18.4 Å². The minimum atomic E-state index is -0.965. The van der Waals surface area contributed by atoms with E-state index < -0.39 is 5.97 Å². The molecule has 2 aromatic carbocycles. The van der Waals surface area contributed by atoms with Gasteiger partial charge in [0.05, 0.1) is 28.6 Å². The zero-order valence-corrected chi connectivity index (χ0v) is 19.5. The summed E-state index contributed by atoms with van der Waals surface area (Å²) in [5, 5.41) is 24.2. The van der Waals surface area contributed by atoms with Crippen LogP contribution in [0, 0.1) is 5.92 Å². The number of nitrogens with one attached hydrogen (secondary N) is 2. The van der Waals surface area contributed by atoms with E-state index in [1.165, 1.54) is 6.20 Å². The van der Waals surface area contributed by atoms with Crippen molar-refractivity contribution in [3.05, 3.63) is 70.9 Å². The highest BCUT2D eigenvalue weighted by atomic mass is 35.5. The van der Waals surface area contributed by atoms with Crippen molar-refractivity contribution >= 4 is 40.3 Å². The summed E-state index contributed by atoms with van der Waals surface area (Å²) in [6, 6.07) is 14.1. The summed E-state index contributed by atoms with van der Waals surface area (Å²) < 4.78 is 1.75. The molecule has 0 aliphatic carbocycles. The molecule has 1 aliphatic heterocycles. The lowest BCUT2D eigenvalue weighted by atomic mass is 9.99. The van der Waals surface area contributed by atoms with Gasteiger partial charge in [0, 0.05) is 18.3 Å². The van der Waals surface area contributed by atoms with Crippen LogP contribution in [0.2, 0.25) is 5.02 Å². The molecular formula is C25H23ClN6O3. The normalized spacial score (nSPS) is 15.7. The number of carboxylic acid groups (broad SMARTS) is 1. The minimum absolute atomic E-state index is 0.0513. The first kappa shape index (κ1) is 22.9. The van der Waals surface area contributed by atoms with Crippen LogP contribution in [-0.2, 0) is 11.3 Å². The second-order valence-corrected chi connectivity index (χ2v) is 8.94. The number of nitrogens with zero attached hydrogens (tertiary/aromatic N) is 4. The van der Waals surface area contributed by atoms with E-state index >= 15 is 0 Å². The van der Waals surface area contributed by atoms with Crippen LogP contribution >= 0.6 is 11.6 Å². The van der Waals surface area contributed by atoms with Gasteiger partial charge < -0.3 is 15.7 Å². The first-order valence-corrected chi connectivity index (χ1v) is 11.7. The minimum Gasteiger partial charge on any atom is -0.478 e. The summed E-state index contributed by atoms with van der Waals surface area (Å²) in [6.07, 6.45) is 3.37. The lowest BCUT2D eigenvalue weighted by molar-refractivity contribution is -0.120. The van der Waals surface area contributed by atoms with Gasteiger partial charge in [0.1, 0.15) is 11.3 Å². The van der Waals surface area contributed by atoms with Gasteiger partial charge in [0.2, 0.25) is 5.91 Å². The fraction of sp³-hybridized carbons (Fsp3) is 0.240. The van der Waals surface area contributed by atoms with Crippen LogP contribution in [0.1, 0.15) is 28.8 Å². The lowest BCUT2D eigenvalue weighted by Crippen LogP contribution is -2.37. The first-order valence-electron chi connectivity index (χ1n) is 11.3. The number of benzene rings is 2. The van der Waals surface area contributed by atoms with E-state index in [1.54, 1.807) is 35.0 Å². The van der Waals surface area contributed by atoms with Gasteiger partial charge in [-0.2, -0.15) is 0 Å². The van der Waals surface area contributed by atoms with Crippen molar-refractivity contribution in [2.24, 2.45) is 5.92 Å². The highest BCUT2D eigenvalue weighted by Gasteiger charge is 2.21. The number of aromatic nitrogens is 4. The molecule has 10 heteroatoms. The molecule has 2 aromatic heterocycles. The predicted octanol–water partition coefficient (Wildman–Crippen LogP) is 3.83. The maximum absolute atomic E-state index is 12.6. The number of hydrogen-bond acceptors (Lipinski definition) is 6. The summed E-state index contributed by atoms with van der Waals surface area (Å²) >= 11 is 6.48. The summed E-state index contributed by atoms with van der Waals surface area (Å²) in [4.78, 5) is 28.0. The molecule has 0 unspecified atom stereocenters. The van der Waals surface area contributed by atoms with E-state index in [-0.39, 0.29) is 17.4 Å². The number of carbonyl (C=O) groups excluding carboxylic acids is 1. The molecule has 0 spiro atoms. The molecular weight excluding hydrogens is 468 g/mol. The largest absolute Gasteiger partial charge is 0.478 e. The van der Waals surface area contributed by atoms with Crippen molar-refractivity contribution in [2.45, 2.75) is 19.4 Å². The quantitative estimate of drug-likeness (QED) is 0.375. The lowest BCUT2D eigenvalue weighted by Gasteiger charge is -2.21. The smallest absolute Gasteiger partial charge is 0.335 e. The Kier molecular flexibility index (Phi) is 6.43. The van der Waals surface area contributed by atoms with Gasteiger partial charge in [-0.1, -0.05) is 35.0 Å². The van der Waals surface area contributed by atoms with Crippen LogP contribution in [-0.4, -0.2) is 50.1 Å². The molecule has 5 rings (SSSR count). The number of pyridine rings is 1. The molecule has 4 aromatic rings. The van der Waals surface area contributed by atoms with Crippen LogP contribution in [0.4, 0.5) is 5.82 Å². The average Bonchev–Trinajstić information content (AvgIpc) is 3.28. The highest BCUT2D eigenvalue weighted by molar-refractivity contribution is 6.33. The molecule has 9 nitrogen and oxygen atoms in total. The Bertz CT molecular complexity index is 1400. The molecule has 0 bridgehead atoms. The zero-order chi connectivity index (χ0) is 24.4. The van der Waals surface area contributed by atoms with E-state index in [9.17, 15) is 9.59 Å². The Morgan fingerprint density at radius 2 is 2.00 bits per heavy atom. The molecule has 1 aliphatic rings. The van der Waals surface area contributed by atoms with E-state index in [0.29, 0.717) is 23.9 Å². The number of aromatic carboxylic acids is 1.